The predicted octanol–water partition coefficient (Wildman–Crippen LogP) is 5.29. The molecule has 2 aliphatic heterocycles. The van der Waals surface area contributed by atoms with Crippen LogP contribution in [0.3, 0.4) is 0 Å². The zero-order chi connectivity index (χ0) is 23.4. The average molecular weight is 485 g/mol. The smallest absolute Gasteiger partial charge is 0.281 e. The number of nitrogens with zero attached hydrogens (tertiary/aromatic N) is 4. The van der Waals surface area contributed by atoms with E-state index in [1.807, 2.05) is 41.5 Å². The number of thiazole rings is 1. The molecule has 0 aliphatic carbocycles. The second kappa shape index (κ2) is 7.99. The Morgan fingerprint density at radius 1 is 1.20 bits per heavy atom. The van der Waals surface area contributed by atoms with Crippen molar-refractivity contribution >= 4 is 38.6 Å². The number of hydrogen-bond donors (Lipinski definition) is 0. The number of amides is 1. The van der Waals surface area contributed by atoms with E-state index in [1.54, 1.807) is 12.3 Å². The van der Waals surface area contributed by atoms with Crippen LogP contribution in [-0.2, 0) is 6.54 Å². The van der Waals surface area contributed by atoms with Crippen LogP contribution in [0, 0.1) is 5.92 Å². The topological polar surface area (TPSA) is 84.8 Å². The maximum Gasteiger partial charge on any atom is 0.281 e. The summed E-state index contributed by atoms with van der Waals surface area (Å²) in [5, 5.41) is 1.62. The number of carbonyl (C=O) groups excluding carboxylic acids is 1. The fraction of sp³-hybridized carbons (Fsp3) is 0.192. The molecule has 5 aromatic rings. The fourth-order valence-electron chi connectivity index (χ4n) is 4.88. The summed E-state index contributed by atoms with van der Waals surface area (Å²) < 4.78 is 17.9. The Kier molecular flexibility index (Phi) is 4.63. The van der Waals surface area contributed by atoms with Gasteiger partial charge in [-0.15, -0.1) is 0 Å². The lowest BCUT2D eigenvalue weighted by molar-refractivity contribution is 0.0784. The minimum Gasteiger partial charge on any atom is -0.472 e. The van der Waals surface area contributed by atoms with Crippen molar-refractivity contribution in [3.05, 3.63) is 84.3 Å². The normalized spacial score (nSPS) is 17.4. The largest absolute Gasteiger partial charge is 0.472 e. The fourth-order valence-corrected chi connectivity index (χ4v) is 5.68. The van der Waals surface area contributed by atoms with Gasteiger partial charge in [0.15, 0.2) is 5.65 Å². The van der Waals surface area contributed by atoms with Crippen molar-refractivity contribution in [2.24, 2.45) is 5.92 Å². The van der Waals surface area contributed by atoms with E-state index >= 15 is 0 Å². The summed E-state index contributed by atoms with van der Waals surface area (Å²) >= 11 is 1.46. The molecule has 1 atom stereocenters. The first-order valence-electron chi connectivity index (χ1n) is 11.4. The monoisotopic (exact) mass is 484 g/mol. The van der Waals surface area contributed by atoms with Crippen molar-refractivity contribution in [3.63, 3.8) is 0 Å². The van der Waals surface area contributed by atoms with E-state index in [2.05, 4.69) is 21.1 Å². The van der Waals surface area contributed by atoms with Gasteiger partial charge in [-0.2, -0.15) is 4.98 Å². The van der Waals surface area contributed by atoms with E-state index < -0.39 is 0 Å². The van der Waals surface area contributed by atoms with E-state index in [-0.39, 0.29) is 5.91 Å². The Morgan fingerprint density at radius 3 is 3.03 bits per heavy atom. The summed E-state index contributed by atoms with van der Waals surface area (Å²) in [5.41, 5.74) is 4.50. The van der Waals surface area contributed by atoms with Gasteiger partial charge < -0.3 is 23.4 Å². The third kappa shape index (κ3) is 3.64. The molecule has 0 spiro atoms. The number of aromatic nitrogens is 2. The summed E-state index contributed by atoms with van der Waals surface area (Å²) in [6.07, 6.45) is 8.78. The van der Waals surface area contributed by atoms with E-state index in [9.17, 15) is 4.79 Å². The van der Waals surface area contributed by atoms with Crippen molar-refractivity contribution in [1.29, 1.82) is 0 Å². The summed E-state index contributed by atoms with van der Waals surface area (Å²) in [6.45, 7) is 3.05. The van der Waals surface area contributed by atoms with Gasteiger partial charge in [-0.25, -0.2) is 4.98 Å². The molecule has 0 bridgehead atoms. The average Bonchev–Trinajstić information content (AvgIpc) is 3.66. The predicted molar refractivity (Wildman–Crippen MR) is 130 cm³/mol. The highest BCUT2D eigenvalue weighted by molar-refractivity contribution is 7.20. The summed E-state index contributed by atoms with van der Waals surface area (Å²) in [6, 6.07) is 11.5. The second-order valence-electron chi connectivity index (χ2n) is 8.85. The molecule has 35 heavy (non-hydrogen) atoms. The van der Waals surface area contributed by atoms with Crippen LogP contribution in [0.1, 0.15) is 15.9 Å². The summed E-state index contributed by atoms with van der Waals surface area (Å²) in [7, 11) is 0. The highest BCUT2D eigenvalue weighted by Gasteiger charge is 2.36. The standard InChI is InChI=1S/C26H20N4O4S/c31-25(16-5-7-32-14-16)30-12-17-9-29(10-18(17)13-30)11-19-15-33-22-8-20(3-4-21(19)22)34-26-28-24-23(35-26)2-1-6-27-24/h1-9,14-15,18H,10-13H2. The first kappa shape index (κ1) is 20.3. The number of benzene rings is 1. The van der Waals surface area contributed by atoms with E-state index in [1.165, 1.54) is 29.4 Å². The molecule has 0 N–H and O–H groups in total. The van der Waals surface area contributed by atoms with Crippen LogP contribution in [0.25, 0.3) is 21.3 Å². The number of carbonyl (C=O) groups is 1. The molecule has 174 valence electrons. The first-order chi connectivity index (χ1) is 17.2. The highest BCUT2D eigenvalue weighted by Crippen LogP contribution is 2.35. The van der Waals surface area contributed by atoms with Gasteiger partial charge in [-0.1, -0.05) is 11.3 Å². The minimum atomic E-state index is 0.0292. The van der Waals surface area contributed by atoms with E-state index in [0.29, 0.717) is 34.6 Å². The molecule has 2 aliphatic rings. The van der Waals surface area contributed by atoms with Crippen LogP contribution in [0.5, 0.6) is 10.9 Å². The van der Waals surface area contributed by atoms with Gasteiger partial charge in [-0.3, -0.25) is 4.79 Å². The minimum absolute atomic E-state index is 0.0292. The Morgan fingerprint density at radius 2 is 2.17 bits per heavy atom. The van der Waals surface area contributed by atoms with Crippen LogP contribution in [0.4, 0.5) is 0 Å². The molecule has 7 rings (SSSR count). The zero-order valence-corrected chi connectivity index (χ0v) is 19.4. The maximum atomic E-state index is 12.6. The lowest BCUT2D eigenvalue weighted by Gasteiger charge is -2.20. The maximum absolute atomic E-state index is 12.6. The molecule has 9 heteroatoms. The quantitative estimate of drug-likeness (QED) is 0.335. The molecule has 1 saturated heterocycles. The SMILES string of the molecule is O=C(c1ccoc1)N1CC2=CN(Cc3coc4cc(Oc5nc6ncccc6s5)ccc34)CC2C1. The molecule has 1 aromatic carbocycles. The van der Waals surface area contributed by atoms with Crippen molar-refractivity contribution in [2.75, 3.05) is 19.6 Å². The second-order valence-corrected chi connectivity index (χ2v) is 9.85. The zero-order valence-electron chi connectivity index (χ0n) is 18.6. The van der Waals surface area contributed by atoms with Crippen molar-refractivity contribution in [2.45, 2.75) is 6.54 Å². The Hall–Kier alpha value is -4.11. The molecular formula is C26H20N4O4S. The molecule has 6 heterocycles. The van der Waals surface area contributed by atoms with Gasteiger partial charge in [0, 0.05) is 61.5 Å². The van der Waals surface area contributed by atoms with Crippen molar-refractivity contribution < 1.29 is 18.4 Å². The first-order valence-corrected chi connectivity index (χ1v) is 12.2. The Balaban J connectivity index is 1.04. The number of furan rings is 2. The lowest BCUT2D eigenvalue weighted by Crippen LogP contribution is -2.30. The van der Waals surface area contributed by atoms with Crippen molar-refractivity contribution in [3.8, 4) is 10.9 Å². The van der Waals surface area contributed by atoms with Crippen LogP contribution in [0.2, 0.25) is 0 Å². The Labute approximate surface area is 204 Å². The molecule has 1 fully saturated rings. The number of rotatable bonds is 5. The van der Waals surface area contributed by atoms with Gasteiger partial charge in [0.25, 0.3) is 11.1 Å². The number of hydrogen-bond acceptors (Lipinski definition) is 8. The van der Waals surface area contributed by atoms with Gasteiger partial charge in [0.2, 0.25) is 0 Å². The third-order valence-electron chi connectivity index (χ3n) is 6.55. The van der Waals surface area contributed by atoms with Crippen molar-refractivity contribution in [1.82, 2.24) is 19.8 Å². The number of pyridine rings is 1. The Bertz CT molecular complexity index is 1550. The van der Waals surface area contributed by atoms with E-state index in [4.69, 9.17) is 13.6 Å². The molecule has 8 nitrogen and oxygen atoms in total. The summed E-state index contributed by atoms with van der Waals surface area (Å²) in [4.78, 5) is 25.5. The van der Waals surface area contributed by atoms with Crippen LogP contribution < -0.4 is 4.74 Å². The third-order valence-corrected chi connectivity index (χ3v) is 7.44. The molecule has 0 saturated carbocycles. The van der Waals surface area contributed by atoms with Crippen LogP contribution in [-0.4, -0.2) is 45.3 Å². The highest BCUT2D eigenvalue weighted by atomic mass is 32.1. The number of likely N-dealkylation sites (tertiary alicyclic amines) is 1. The van der Waals surface area contributed by atoms with Gasteiger partial charge >= 0.3 is 0 Å². The van der Waals surface area contributed by atoms with E-state index in [0.717, 1.165) is 40.9 Å². The van der Waals surface area contributed by atoms with Gasteiger partial charge in [-0.05, 0) is 35.9 Å². The van der Waals surface area contributed by atoms with Gasteiger partial charge in [0.05, 0.1) is 22.8 Å². The molecule has 1 unspecified atom stereocenters. The molecule has 1 amide bonds. The molecule has 0 radical (unpaired) electrons. The number of fused-ring (bicyclic) bond motifs is 3. The van der Waals surface area contributed by atoms with Crippen LogP contribution >= 0.6 is 11.3 Å². The summed E-state index contributed by atoms with van der Waals surface area (Å²) in [5.74, 6) is 1.08. The molecule has 4 aromatic heterocycles. The molecular weight excluding hydrogens is 464 g/mol. The van der Waals surface area contributed by atoms with Gasteiger partial charge in [0.1, 0.15) is 17.6 Å². The number of ether oxygens (including phenoxy) is 1. The van der Waals surface area contributed by atoms with Crippen LogP contribution in [0.15, 0.2) is 82.0 Å². The lowest BCUT2D eigenvalue weighted by atomic mass is 10.1.